The minimum Gasteiger partial charge on any atom is -0.472 e. The molecule has 0 spiro atoms. The maximum absolute atomic E-state index is 9.95. The fraction of sp³-hybridized carbons (Fsp3) is 0.636. The molecule has 2 heterocycles. The fourth-order valence-corrected chi connectivity index (χ4v) is 1.92. The number of hydrogen-bond donors (Lipinski definition) is 1. The maximum Gasteiger partial charge on any atom is 0.0935 e. The van der Waals surface area contributed by atoms with E-state index in [4.69, 9.17) is 9.15 Å². The van der Waals surface area contributed by atoms with E-state index in [1.54, 1.807) is 12.5 Å². The molecule has 1 N–H and O–H groups in total. The molecule has 1 aromatic rings. The van der Waals surface area contributed by atoms with Crippen molar-refractivity contribution in [3.05, 3.63) is 24.2 Å². The second-order valence-electron chi connectivity index (χ2n) is 3.85. The molecule has 1 fully saturated rings. The quantitative estimate of drug-likeness (QED) is 0.798. The van der Waals surface area contributed by atoms with E-state index in [1.807, 2.05) is 6.07 Å². The molecule has 78 valence electrons. The van der Waals surface area contributed by atoms with Crippen molar-refractivity contribution in [3.63, 3.8) is 0 Å². The molecule has 3 heteroatoms. The molecule has 1 saturated heterocycles. The lowest BCUT2D eigenvalue weighted by Gasteiger charge is -2.26. The molecule has 0 amide bonds. The van der Waals surface area contributed by atoms with Crippen LogP contribution in [0.2, 0.25) is 0 Å². The summed E-state index contributed by atoms with van der Waals surface area (Å²) in [5, 5.41) is 9.95. The molecule has 14 heavy (non-hydrogen) atoms. The Morgan fingerprint density at radius 3 is 2.86 bits per heavy atom. The van der Waals surface area contributed by atoms with Gasteiger partial charge in [-0.3, -0.25) is 0 Å². The maximum atomic E-state index is 9.95. The van der Waals surface area contributed by atoms with Gasteiger partial charge in [0.1, 0.15) is 0 Å². The summed E-state index contributed by atoms with van der Waals surface area (Å²) in [7, 11) is 0. The van der Waals surface area contributed by atoms with Crippen LogP contribution in [0.5, 0.6) is 0 Å². The third kappa shape index (κ3) is 2.36. The monoisotopic (exact) mass is 196 g/mol. The van der Waals surface area contributed by atoms with E-state index in [2.05, 4.69) is 0 Å². The van der Waals surface area contributed by atoms with Crippen molar-refractivity contribution in [1.82, 2.24) is 0 Å². The third-order valence-corrected chi connectivity index (χ3v) is 2.84. The van der Waals surface area contributed by atoms with Gasteiger partial charge in [-0.2, -0.15) is 0 Å². The standard InChI is InChI=1S/C11H16O3/c12-11(7-9-1-4-14-8-9)10-2-5-13-6-3-10/h1,4,8,10-12H,2-3,5-7H2. The van der Waals surface area contributed by atoms with E-state index in [0.717, 1.165) is 31.6 Å². The first-order valence-electron chi connectivity index (χ1n) is 5.13. The van der Waals surface area contributed by atoms with Crippen LogP contribution in [0.4, 0.5) is 0 Å². The van der Waals surface area contributed by atoms with Crippen LogP contribution < -0.4 is 0 Å². The van der Waals surface area contributed by atoms with Crippen LogP contribution in [0.1, 0.15) is 18.4 Å². The van der Waals surface area contributed by atoms with Crippen molar-refractivity contribution >= 4 is 0 Å². The molecule has 3 nitrogen and oxygen atoms in total. The predicted molar refractivity (Wildman–Crippen MR) is 52.0 cm³/mol. The van der Waals surface area contributed by atoms with E-state index in [-0.39, 0.29) is 6.10 Å². The van der Waals surface area contributed by atoms with Crippen molar-refractivity contribution in [1.29, 1.82) is 0 Å². The molecule has 1 atom stereocenters. The first kappa shape index (κ1) is 9.74. The summed E-state index contributed by atoms with van der Waals surface area (Å²) < 4.78 is 10.2. The van der Waals surface area contributed by atoms with E-state index in [9.17, 15) is 5.11 Å². The number of hydrogen-bond acceptors (Lipinski definition) is 3. The number of aliphatic hydroxyl groups is 1. The Morgan fingerprint density at radius 2 is 2.21 bits per heavy atom. The second-order valence-corrected chi connectivity index (χ2v) is 3.85. The normalized spacial score (nSPS) is 20.9. The smallest absolute Gasteiger partial charge is 0.0935 e. The van der Waals surface area contributed by atoms with Crippen molar-refractivity contribution in [2.75, 3.05) is 13.2 Å². The zero-order chi connectivity index (χ0) is 9.80. The first-order chi connectivity index (χ1) is 6.86. The highest BCUT2D eigenvalue weighted by atomic mass is 16.5. The summed E-state index contributed by atoms with van der Waals surface area (Å²) in [6, 6.07) is 1.91. The number of ether oxygens (including phenoxy) is 1. The van der Waals surface area contributed by atoms with Crippen LogP contribution in [-0.4, -0.2) is 24.4 Å². The Labute approximate surface area is 83.7 Å². The molecule has 1 aromatic heterocycles. The minimum absolute atomic E-state index is 0.253. The average Bonchev–Trinajstić information content (AvgIpc) is 2.72. The first-order valence-corrected chi connectivity index (χ1v) is 5.13. The van der Waals surface area contributed by atoms with Gasteiger partial charge in [0.15, 0.2) is 0 Å². The fourth-order valence-electron chi connectivity index (χ4n) is 1.92. The van der Waals surface area contributed by atoms with Gasteiger partial charge < -0.3 is 14.3 Å². The summed E-state index contributed by atoms with van der Waals surface area (Å²) in [4.78, 5) is 0. The molecule has 0 aliphatic carbocycles. The summed E-state index contributed by atoms with van der Waals surface area (Å²) in [5.74, 6) is 0.388. The highest BCUT2D eigenvalue weighted by Gasteiger charge is 2.22. The molecule has 2 rings (SSSR count). The van der Waals surface area contributed by atoms with Gasteiger partial charge in [0.2, 0.25) is 0 Å². The minimum atomic E-state index is -0.253. The van der Waals surface area contributed by atoms with Crippen molar-refractivity contribution in [2.45, 2.75) is 25.4 Å². The highest BCUT2D eigenvalue weighted by molar-refractivity contribution is 5.06. The second kappa shape index (κ2) is 4.62. The van der Waals surface area contributed by atoms with E-state index < -0.39 is 0 Å². The van der Waals surface area contributed by atoms with Crippen LogP contribution in [0, 0.1) is 5.92 Å². The average molecular weight is 196 g/mol. The summed E-state index contributed by atoms with van der Waals surface area (Å²) in [6.07, 6.45) is 5.73. The Bertz CT molecular complexity index is 250. The Kier molecular flexibility index (Phi) is 3.22. The van der Waals surface area contributed by atoms with Gasteiger partial charge in [-0.15, -0.1) is 0 Å². The summed E-state index contributed by atoms with van der Waals surface area (Å²) in [6.45, 7) is 1.57. The van der Waals surface area contributed by atoms with Crippen molar-refractivity contribution in [3.8, 4) is 0 Å². The van der Waals surface area contributed by atoms with E-state index in [0.29, 0.717) is 12.3 Å². The Balaban J connectivity index is 1.85. The SMILES string of the molecule is OC(Cc1ccoc1)C1CCOCC1. The van der Waals surface area contributed by atoms with Crippen LogP contribution in [0.3, 0.4) is 0 Å². The lowest BCUT2D eigenvalue weighted by Crippen LogP contribution is -2.28. The van der Waals surface area contributed by atoms with E-state index in [1.165, 1.54) is 0 Å². The van der Waals surface area contributed by atoms with E-state index >= 15 is 0 Å². The predicted octanol–water partition coefficient (Wildman–Crippen LogP) is 1.61. The summed E-state index contributed by atoms with van der Waals surface area (Å²) >= 11 is 0. The third-order valence-electron chi connectivity index (χ3n) is 2.84. The molecule has 1 aliphatic rings. The largest absolute Gasteiger partial charge is 0.472 e. The molecule has 0 radical (unpaired) electrons. The lowest BCUT2D eigenvalue weighted by atomic mass is 9.90. The van der Waals surface area contributed by atoms with Gasteiger partial charge >= 0.3 is 0 Å². The lowest BCUT2D eigenvalue weighted by molar-refractivity contribution is 0.00835. The van der Waals surface area contributed by atoms with Gasteiger partial charge in [0.05, 0.1) is 18.6 Å². The Hall–Kier alpha value is -0.800. The summed E-state index contributed by atoms with van der Waals surface area (Å²) in [5.41, 5.74) is 1.07. The highest BCUT2D eigenvalue weighted by Crippen LogP contribution is 2.21. The molecule has 1 aliphatic heterocycles. The molecule has 0 saturated carbocycles. The van der Waals surface area contributed by atoms with Gasteiger partial charge in [-0.1, -0.05) is 0 Å². The zero-order valence-corrected chi connectivity index (χ0v) is 8.19. The topological polar surface area (TPSA) is 42.6 Å². The molecule has 0 bridgehead atoms. The number of rotatable bonds is 3. The zero-order valence-electron chi connectivity index (χ0n) is 8.19. The van der Waals surface area contributed by atoms with Crippen molar-refractivity contribution < 1.29 is 14.3 Å². The van der Waals surface area contributed by atoms with Gasteiger partial charge in [0.25, 0.3) is 0 Å². The number of aliphatic hydroxyl groups excluding tert-OH is 1. The molecule has 1 unspecified atom stereocenters. The van der Waals surface area contributed by atoms with Crippen molar-refractivity contribution in [2.24, 2.45) is 5.92 Å². The number of furan rings is 1. The molecular weight excluding hydrogens is 180 g/mol. The van der Waals surface area contributed by atoms with Gasteiger partial charge in [0, 0.05) is 19.6 Å². The Morgan fingerprint density at radius 1 is 1.43 bits per heavy atom. The van der Waals surface area contributed by atoms with Crippen LogP contribution in [0.15, 0.2) is 23.0 Å². The van der Waals surface area contributed by atoms with Gasteiger partial charge in [-0.25, -0.2) is 0 Å². The van der Waals surface area contributed by atoms with Crippen LogP contribution in [0.25, 0.3) is 0 Å². The van der Waals surface area contributed by atoms with Crippen LogP contribution in [-0.2, 0) is 11.2 Å². The van der Waals surface area contributed by atoms with Gasteiger partial charge in [-0.05, 0) is 30.4 Å². The molecular formula is C11H16O3. The molecule has 0 aromatic carbocycles. The van der Waals surface area contributed by atoms with Crippen LogP contribution >= 0.6 is 0 Å².